The number of hydrogen-bond donors (Lipinski definition) is 1. The molecule has 3 nitrogen and oxygen atoms in total. The SMILES string of the molecule is CCC(CC)CN1CCCC(NC)C1=O. The van der Waals surface area contributed by atoms with Crippen molar-refractivity contribution in [3.8, 4) is 0 Å². The molecule has 15 heavy (non-hydrogen) atoms. The average Bonchev–Trinajstić information content (AvgIpc) is 2.28. The molecule has 0 aromatic heterocycles. The Morgan fingerprint density at radius 1 is 1.47 bits per heavy atom. The molecule has 1 atom stereocenters. The zero-order valence-corrected chi connectivity index (χ0v) is 10.3. The fraction of sp³-hybridized carbons (Fsp3) is 0.917. The topological polar surface area (TPSA) is 32.3 Å². The van der Waals surface area contributed by atoms with E-state index < -0.39 is 0 Å². The highest BCUT2D eigenvalue weighted by molar-refractivity contribution is 5.82. The van der Waals surface area contributed by atoms with Crippen molar-refractivity contribution < 1.29 is 4.79 Å². The van der Waals surface area contributed by atoms with Gasteiger partial charge in [-0.2, -0.15) is 0 Å². The molecule has 3 heteroatoms. The fourth-order valence-electron chi connectivity index (χ4n) is 2.25. The van der Waals surface area contributed by atoms with Crippen molar-refractivity contribution in [3.05, 3.63) is 0 Å². The number of likely N-dealkylation sites (N-methyl/N-ethyl adjacent to an activating group) is 1. The maximum atomic E-state index is 12.0. The third-order valence-corrected chi connectivity index (χ3v) is 3.51. The number of amides is 1. The molecule has 1 aliphatic heterocycles. The maximum absolute atomic E-state index is 12.0. The molecule has 1 aliphatic rings. The van der Waals surface area contributed by atoms with Gasteiger partial charge in [0.25, 0.3) is 0 Å². The van der Waals surface area contributed by atoms with Crippen molar-refractivity contribution in [1.82, 2.24) is 10.2 Å². The second-order valence-electron chi connectivity index (χ2n) is 4.45. The highest BCUT2D eigenvalue weighted by Gasteiger charge is 2.28. The summed E-state index contributed by atoms with van der Waals surface area (Å²) in [5.74, 6) is 0.972. The minimum atomic E-state index is 0.0631. The summed E-state index contributed by atoms with van der Waals surface area (Å²) in [7, 11) is 1.88. The first-order valence-corrected chi connectivity index (χ1v) is 6.18. The van der Waals surface area contributed by atoms with Gasteiger partial charge in [0.2, 0.25) is 5.91 Å². The number of nitrogens with one attached hydrogen (secondary N) is 1. The third-order valence-electron chi connectivity index (χ3n) is 3.51. The first-order chi connectivity index (χ1) is 7.22. The van der Waals surface area contributed by atoms with E-state index in [1.54, 1.807) is 0 Å². The van der Waals surface area contributed by atoms with Crippen molar-refractivity contribution >= 4 is 5.91 Å². The molecule has 0 aromatic carbocycles. The molecule has 1 heterocycles. The zero-order chi connectivity index (χ0) is 11.3. The first kappa shape index (κ1) is 12.5. The third kappa shape index (κ3) is 3.20. The average molecular weight is 212 g/mol. The Morgan fingerprint density at radius 2 is 2.13 bits per heavy atom. The molecular weight excluding hydrogens is 188 g/mol. The lowest BCUT2D eigenvalue weighted by atomic mass is 9.99. The summed E-state index contributed by atoms with van der Waals surface area (Å²) in [6.07, 6.45) is 4.47. The molecule has 0 aromatic rings. The summed E-state index contributed by atoms with van der Waals surface area (Å²) in [5.41, 5.74) is 0. The van der Waals surface area contributed by atoms with Crippen LogP contribution in [0.25, 0.3) is 0 Å². The number of hydrogen-bond acceptors (Lipinski definition) is 2. The summed E-state index contributed by atoms with van der Waals surface area (Å²) in [4.78, 5) is 14.0. The van der Waals surface area contributed by atoms with Gasteiger partial charge >= 0.3 is 0 Å². The summed E-state index contributed by atoms with van der Waals surface area (Å²) in [5, 5.41) is 3.10. The zero-order valence-electron chi connectivity index (χ0n) is 10.3. The second kappa shape index (κ2) is 6.11. The smallest absolute Gasteiger partial charge is 0.239 e. The summed E-state index contributed by atoms with van der Waals surface area (Å²) in [6, 6.07) is 0.0631. The number of likely N-dealkylation sites (tertiary alicyclic amines) is 1. The molecule has 0 radical (unpaired) electrons. The normalized spacial score (nSPS) is 22.5. The van der Waals surface area contributed by atoms with Crippen molar-refractivity contribution in [2.75, 3.05) is 20.1 Å². The number of rotatable bonds is 5. The van der Waals surface area contributed by atoms with Crippen LogP contribution in [0, 0.1) is 5.92 Å². The van der Waals surface area contributed by atoms with E-state index in [2.05, 4.69) is 19.2 Å². The summed E-state index contributed by atoms with van der Waals surface area (Å²) < 4.78 is 0. The predicted molar refractivity (Wildman–Crippen MR) is 62.7 cm³/mol. The molecule has 1 N–H and O–H groups in total. The van der Waals surface area contributed by atoms with Crippen LogP contribution in [0.2, 0.25) is 0 Å². The maximum Gasteiger partial charge on any atom is 0.239 e. The monoisotopic (exact) mass is 212 g/mol. The van der Waals surface area contributed by atoms with E-state index in [0.29, 0.717) is 11.8 Å². The largest absolute Gasteiger partial charge is 0.341 e. The van der Waals surface area contributed by atoms with Gasteiger partial charge in [-0.3, -0.25) is 4.79 Å². The van der Waals surface area contributed by atoms with Gasteiger partial charge in [0.15, 0.2) is 0 Å². The fourth-order valence-corrected chi connectivity index (χ4v) is 2.25. The second-order valence-corrected chi connectivity index (χ2v) is 4.45. The number of nitrogens with zero attached hydrogens (tertiary/aromatic N) is 1. The molecule has 88 valence electrons. The van der Waals surface area contributed by atoms with Gasteiger partial charge in [-0.15, -0.1) is 0 Å². The number of carbonyl (C=O) groups excluding carboxylic acids is 1. The van der Waals surface area contributed by atoms with E-state index in [9.17, 15) is 4.79 Å². The van der Waals surface area contributed by atoms with Crippen LogP contribution in [0.4, 0.5) is 0 Å². The minimum absolute atomic E-state index is 0.0631. The Bertz CT molecular complexity index is 202. The van der Waals surface area contributed by atoms with E-state index >= 15 is 0 Å². The highest BCUT2D eigenvalue weighted by atomic mass is 16.2. The van der Waals surface area contributed by atoms with Crippen molar-refractivity contribution in [2.45, 2.75) is 45.6 Å². The van der Waals surface area contributed by atoms with Crippen LogP contribution in [0.5, 0.6) is 0 Å². The molecule has 0 aliphatic carbocycles. The van der Waals surface area contributed by atoms with Gasteiger partial charge in [0.1, 0.15) is 0 Å². The molecule has 0 saturated carbocycles. The Balaban J connectivity index is 2.49. The number of piperidine rings is 1. The Kier molecular flexibility index (Phi) is 5.09. The first-order valence-electron chi connectivity index (χ1n) is 6.18. The van der Waals surface area contributed by atoms with Crippen molar-refractivity contribution in [3.63, 3.8) is 0 Å². The molecule has 0 bridgehead atoms. The molecule has 1 unspecified atom stereocenters. The van der Waals surface area contributed by atoms with Crippen LogP contribution >= 0.6 is 0 Å². The Morgan fingerprint density at radius 3 is 2.67 bits per heavy atom. The van der Waals surface area contributed by atoms with Crippen LogP contribution in [-0.4, -0.2) is 37.0 Å². The van der Waals surface area contributed by atoms with Gasteiger partial charge < -0.3 is 10.2 Å². The van der Waals surface area contributed by atoms with Gasteiger partial charge in [-0.25, -0.2) is 0 Å². The quantitative estimate of drug-likeness (QED) is 0.751. The molecule has 0 spiro atoms. The van der Waals surface area contributed by atoms with Crippen LogP contribution in [0.15, 0.2) is 0 Å². The van der Waals surface area contributed by atoms with Crippen LogP contribution in [0.1, 0.15) is 39.5 Å². The van der Waals surface area contributed by atoms with Crippen LogP contribution in [0.3, 0.4) is 0 Å². The van der Waals surface area contributed by atoms with Crippen molar-refractivity contribution in [1.29, 1.82) is 0 Å². The van der Waals surface area contributed by atoms with E-state index in [4.69, 9.17) is 0 Å². The van der Waals surface area contributed by atoms with Gasteiger partial charge in [0, 0.05) is 13.1 Å². The molecule has 1 rings (SSSR count). The summed E-state index contributed by atoms with van der Waals surface area (Å²) >= 11 is 0. The van der Waals surface area contributed by atoms with E-state index in [0.717, 1.165) is 25.9 Å². The summed E-state index contributed by atoms with van der Waals surface area (Å²) in [6.45, 7) is 6.31. The van der Waals surface area contributed by atoms with Crippen LogP contribution in [-0.2, 0) is 4.79 Å². The van der Waals surface area contributed by atoms with Crippen molar-refractivity contribution in [2.24, 2.45) is 5.92 Å². The van der Waals surface area contributed by atoms with E-state index in [1.165, 1.54) is 12.8 Å². The minimum Gasteiger partial charge on any atom is -0.341 e. The lowest BCUT2D eigenvalue weighted by Crippen LogP contribution is -2.50. The lowest BCUT2D eigenvalue weighted by molar-refractivity contribution is -0.136. The van der Waals surface area contributed by atoms with Gasteiger partial charge in [-0.05, 0) is 25.8 Å². The van der Waals surface area contributed by atoms with Crippen LogP contribution < -0.4 is 5.32 Å². The van der Waals surface area contributed by atoms with Gasteiger partial charge in [-0.1, -0.05) is 26.7 Å². The lowest BCUT2D eigenvalue weighted by Gasteiger charge is -2.34. The van der Waals surface area contributed by atoms with E-state index in [-0.39, 0.29) is 6.04 Å². The molecule has 1 saturated heterocycles. The van der Waals surface area contributed by atoms with E-state index in [1.807, 2.05) is 11.9 Å². The Labute approximate surface area is 93.2 Å². The molecule has 1 amide bonds. The standard InChI is InChI=1S/C12H24N2O/c1-4-10(5-2)9-14-8-6-7-11(13-3)12(14)15/h10-11,13H,4-9H2,1-3H3. The number of carbonyl (C=O) groups is 1. The molecule has 1 fully saturated rings. The predicted octanol–water partition coefficient (Wildman–Crippen LogP) is 1.63. The van der Waals surface area contributed by atoms with Gasteiger partial charge in [0.05, 0.1) is 6.04 Å². The Hall–Kier alpha value is -0.570. The molecular formula is C12H24N2O. The highest BCUT2D eigenvalue weighted by Crippen LogP contribution is 2.16.